The van der Waals surface area contributed by atoms with Crippen molar-refractivity contribution in [2.24, 2.45) is 4.99 Å². The summed E-state index contributed by atoms with van der Waals surface area (Å²) in [6, 6.07) is 20.5. The van der Waals surface area contributed by atoms with Crippen molar-refractivity contribution >= 4 is 56.7 Å². The third-order valence-corrected chi connectivity index (χ3v) is 8.38. The number of thioether (sulfide) groups is 2. The van der Waals surface area contributed by atoms with Crippen LogP contribution in [0.2, 0.25) is 0 Å². The van der Waals surface area contributed by atoms with Crippen LogP contribution >= 0.6 is 23.5 Å². The van der Waals surface area contributed by atoms with Gasteiger partial charge in [-0.3, -0.25) is 9.69 Å². The molecule has 2 heterocycles. The maximum atomic E-state index is 13.7. The highest BCUT2D eigenvalue weighted by Crippen LogP contribution is 2.51. The van der Waals surface area contributed by atoms with E-state index in [1.54, 1.807) is 18.9 Å². The van der Waals surface area contributed by atoms with E-state index in [1.165, 1.54) is 11.8 Å². The SMILES string of the molecule is CCCCN1C(=O)C(=C2Sc3ccc(OC)cc3N2CC)SC1=Nc1cccc2ccccc12. The van der Waals surface area contributed by atoms with Crippen molar-refractivity contribution in [1.29, 1.82) is 0 Å². The minimum atomic E-state index is 0.0400. The summed E-state index contributed by atoms with van der Waals surface area (Å²) in [6.45, 7) is 5.69. The van der Waals surface area contributed by atoms with E-state index in [9.17, 15) is 4.79 Å². The fourth-order valence-electron chi connectivity index (χ4n) is 4.21. The van der Waals surface area contributed by atoms with E-state index in [2.05, 4.69) is 43.0 Å². The van der Waals surface area contributed by atoms with Crippen LogP contribution in [0, 0.1) is 0 Å². The number of carbonyl (C=O) groups excluding carboxylic acids is 1. The van der Waals surface area contributed by atoms with Crippen LogP contribution in [0.5, 0.6) is 5.75 Å². The van der Waals surface area contributed by atoms with Crippen molar-refractivity contribution in [3.63, 3.8) is 0 Å². The van der Waals surface area contributed by atoms with E-state index in [0.717, 1.165) is 67.3 Å². The Kier molecular flexibility index (Phi) is 6.57. The van der Waals surface area contributed by atoms with E-state index in [-0.39, 0.29) is 5.91 Å². The molecule has 2 aliphatic rings. The maximum absolute atomic E-state index is 13.7. The van der Waals surface area contributed by atoms with Gasteiger partial charge in [0.2, 0.25) is 0 Å². The minimum absolute atomic E-state index is 0.0400. The number of hydrogen-bond donors (Lipinski definition) is 0. The molecule has 34 heavy (non-hydrogen) atoms. The summed E-state index contributed by atoms with van der Waals surface area (Å²) in [5.74, 6) is 0.857. The normalized spacial score (nSPS) is 18.9. The third-order valence-electron chi connectivity index (χ3n) is 6.00. The van der Waals surface area contributed by atoms with Gasteiger partial charge in [0.1, 0.15) is 15.7 Å². The summed E-state index contributed by atoms with van der Waals surface area (Å²) in [5, 5.41) is 3.96. The first-order chi connectivity index (χ1) is 16.6. The first-order valence-electron chi connectivity index (χ1n) is 11.6. The quantitative estimate of drug-likeness (QED) is 0.348. The number of ether oxygens (including phenoxy) is 1. The summed E-state index contributed by atoms with van der Waals surface area (Å²) in [5.41, 5.74) is 1.97. The molecule has 2 aliphatic heterocycles. The van der Waals surface area contributed by atoms with Crippen LogP contribution in [0.15, 0.2) is 80.5 Å². The number of anilines is 1. The van der Waals surface area contributed by atoms with Gasteiger partial charge in [-0.25, -0.2) is 4.99 Å². The van der Waals surface area contributed by atoms with Crippen LogP contribution in [0.1, 0.15) is 26.7 Å². The molecule has 0 saturated carbocycles. The number of nitrogens with zero attached hydrogens (tertiary/aromatic N) is 3. The lowest BCUT2D eigenvalue weighted by Crippen LogP contribution is -2.30. The zero-order valence-corrected chi connectivity index (χ0v) is 21.2. The van der Waals surface area contributed by atoms with E-state index < -0.39 is 0 Å². The number of hydrogen-bond acceptors (Lipinski definition) is 6. The molecule has 0 bridgehead atoms. The molecule has 3 aromatic carbocycles. The lowest BCUT2D eigenvalue weighted by atomic mass is 10.1. The van der Waals surface area contributed by atoms with Gasteiger partial charge in [0.15, 0.2) is 5.17 Å². The Bertz CT molecular complexity index is 1310. The number of amidine groups is 1. The molecule has 0 aliphatic carbocycles. The summed E-state index contributed by atoms with van der Waals surface area (Å²) in [7, 11) is 1.68. The molecule has 7 heteroatoms. The monoisotopic (exact) mass is 489 g/mol. The van der Waals surface area contributed by atoms with Gasteiger partial charge in [0, 0.05) is 29.4 Å². The highest BCUT2D eigenvalue weighted by atomic mass is 32.2. The Hall–Kier alpha value is -2.90. The first kappa shape index (κ1) is 22.9. The highest BCUT2D eigenvalue weighted by Gasteiger charge is 2.39. The Balaban J connectivity index is 1.58. The standard InChI is InChI=1S/C27H27N3O2S2/c1-4-6-16-30-25(31)24(26-29(5-2)22-17-19(32-3)14-15-23(22)33-26)34-27(30)28-21-13-9-11-18-10-7-8-12-20(18)21/h7-15,17H,4-6,16H2,1-3H3. The average Bonchev–Trinajstić information content (AvgIpc) is 3.38. The molecule has 0 atom stereocenters. The van der Waals surface area contributed by atoms with Crippen molar-refractivity contribution in [3.05, 3.63) is 70.6 Å². The van der Waals surface area contributed by atoms with Crippen LogP contribution < -0.4 is 9.64 Å². The van der Waals surface area contributed by atoms with Gasteiger partial charge >= 0.3 is 0 Å². The zero-order chi connectivity index (χ0) is 23.7. The summed E-state index contributed by atoms with van der Waals surface area (Å²) in [6.07, 6.45) is 1.95. The van der Waals surface area contributed by atoms with E-state index in [4.69, 9.17) is 9.73 Å². The van der Waals surface area contributed by atoms with Gasteiger partial charge in [0.05, 0.1) is 18.5 Å². The second kappa shape index (κ2) is 9.76. The van der Waals surface area contributed by atoms with Crippen molar-refractivity contribution in [1.82, 2.24) is 4.90 Å². The Morgan fingerprint density at radius 1 is 0.971 bits per heavy atom. The lowest BCUT2D eigenvalue weighted by Gasteiger charge is -2.19. The number of rotatable bonds is 6. The van der Waals surface area contributed by atoms with Crippen LogP contribution in [0.3, 0.4) is 0 Å². The number of aliphatic imine (C=N–C) groups is 1. The Labute approximate surface area is 208 Å². The fourth-order valence-corrected chi connectivity index (χ4v) is 6.60. The van der Waals surface area contributed by atoms with Gasteiger partial charge in [-0.1, -0.05) is 61.5 Å². The van der Waals surface area contributed by atoms with Gasteiger partial charge in [0.25, 0.3) is 5.91 Å². The smallest absolute Gasteiger partial charge is 0.269 e. The lowest BCUT2D eigenvalue weighted by molar-refractivity contribution is -0.122. The fraction of sp³-hybridized carbons (Fsp3) is 0.259. The molecule has 1 amide bonds. The van der Waals surface area contributed by atoms with Gasteiger partial charge in [-0.15, -0.1) is 0 Å². The molecule has 1 fully saturated rings. The number of fused-ring (bicyclic) bond motifs is 2. The van der Waals surface area contributed by atoms with Gasteiger partial charge in [-0.2, -0.15) is 0 Å². The van der Waals surface area contributed by atoms with Gasteiger partial charge < -0.3 is 9.64 Å². The number of carbonyl (C=O) groups is 1. The molecule has 0 N–H and O–H groups in total. The van der Waals surface area contributed by atoms with Crippen molar-refractivity contribution in [2.75, 3.05) is 25.1 Å². The minimum Gasteiger partial charge on any atom is -0.497 e. The molecule has 0 radical (unpaired) electrons. The molecule has 0 unspecified atom stereocenters. The van der Waals surface area contributed by atoms with Crippen molar-refractivity contribution in [2.45, 2.75) is 31.6 Å². The largest absolute Gasteiger partial charge is 0.497 e. The maximum Gasteiger partial charge on any atom is 0.269 e. The van der Waals surface area contributed by atoms with Crippen LogP contribution in [-0.2, 0) is 4.79 Å². The third kappa shape index (κ3) is 4.07. The predicted molar refractivity (Wildman–Crippen MR) is 144 cm³/mol. The van der Waals surface area contributed by atoms with Crippen LogP contribution in [0.4, 0.5) is 11.4 Å². The summed E-state index contributed by atoms with van der Waals surface area (Å²) in [4.78, 5) is 24.7. The highest BCUT2D eigenvalue weighted by molar-refractivity contribution is 8.19. The predicted octanol–water partition coefficient (Wildman–Crippen LogP) is 7.01. The molecular weight excluding hydrogens is 462 g/mol. The molecular formula is C27H27N3O2S2. The molecule has 5 rings (SSSR count). The molecule has 0 aromatic heterocycles. The van der Waals surface area contributed by atoms with Crippen molar-refractivity contribution in [3.8, 4) is 5.75 Å². The molecule has 174 valence electrons. The zero-order valence-electron chi connectivity index (χ0n) is 19.6. The summed E-state index contributed by atoms with van der Waals surface area (Å²) < 4.78 is 5.44. The Morgan fingerprint density at radius 2 is 1.79 bits per heavy atom. The van der Waals surface area contributed by atoms with E-state index in [0.29, 0.717) is 6.54 Å². The summed E-state index contributed by atoms with van der Waals surface area (Å²) >= 11 is 3.14. The van der Waals surface area contributed by atoms with Crippen LogP contribution in [0.25, 0.3) is 10.8 Å². The van der Waals surface area contributed by atoms with E-state index >= 15 is 0 Å². The molecule has 5 nitrogen and oxygen atoms in total. The average molecular weight is 490 g/mol. The number of benzene rings is 3. The number of methoxy groups -OCH3 is 1. The molecule has 3 aromatic rings. The topological polar surface area (TPSA) is 45.1 Å². The van der Waals surface area contributed by atoms with Crippen LogP contribution in [-0.4, -0.2) is 36.2 Å². The number of unbranched alkanes of at least 4 members (excludes halogenated alkanes) is 1. The number of amides is 1. The first-order valence-corrected chi connectivity index (χ1v) is 13.2. The van der Waals surface area contributed by atoms with Crippen molar-refractivity contribution < 1.29 is 9.53 Å². The second-order valence-corrected chi connectivity index (χ2v) is 10.1. The second-order valence-electron chi connectivity index (χ2n) is 8.12. The molecule has 0 spiro atoms. The Morgan fingerprint density at radius 3 is 2.59 bits per heavy atom. The molecule has 1 saturated heterocycles. The van der Waals surface area contributed by atoms with Gasteiger partial charge in [-0.05, 0) is 48.7 Å². The van der Waals surface area contributed by atoms with E-state index in [1.807, 2.05) is 41.3 Å².